The van der Waals surface area contributed by atoms with E-state index in [1.165, 1.54) is 6.33 Å². The lowest BCUT2D eigenvalue weighted by Crippen LogP contribution is -2.24. The molecular weight excluding hydrogens is 230 g/mol. The first-order chi connectivity index (χ1) is 8.85. The lowest BCUT2D eigenvalue weighted by atomic mass is 10.1. The van der Waals surface area contributed by atoms with Gasteiger partial charge < -0.3 is 10.1 Å². The van der Waals surface area contributed by atoms with Crippen molar-refractivity contribution in [3.8, 4) is 5.75 Å². The van der Waals surface area contributed by atoms with Crippen LogP contribution in [0.4, 0.5) is 0 Å². The summed E-state index contributed by atoms with van der Waals surface area (Å²) < 4.78 is 5.19. The molecule has 2 heterocycles. The molecule has 0 aliphatic carbocycles. The highest BCUT2D eigenvalue weighted by Gasteiger charge is 2.17. The molecule has 2 N–H and O–H groups in total. The Hall–Kier alpha value is -1.95. The first-order valence-corrected chi connectivity index (χ1v) is 5.92. The number of H-pyrrole nitrogens is 1. The van der Waals surface area contributed by atoms with Crippen molar-refractivity contribution < 1.29 is 4.74 Å². The quantitative estimate of drug-likeness (QED) is 0.804. The lowest BCUT2D eigenvalue weighted by molar-refractivity contribution is 0.411. The maximum absolute atomic E-state index is 5.19. The number of nitrogens with zero attached hydrogens (tertiary/aromatic N) is 3. The van der Waals surface area contributed by atoms with Gasteiger partial charge in [0.25, 0.3) is 0 Å². The standard InChI is InChI=1S/C12H17N5O/c1-3-4-14-11(12-15-8-16-17-12)9-5-10(18-2)7-13-6-9/h5-8,11,14H,3-4H2,1-2H3,(H,15,16,17). The zero-order valence-corrected chi connectivity index (χ0v) is 10.6. The van der Waals surface area contributed by atoms with Crippen molar-refractivity contribution in [1.82, 2.24) is 25.5 Å². The first kappa shape index (κ1) is 12.5. The van der Waals surface area contributed by atoms with E-state index < -0.39 is 0 Å². The molecule has 1 unspecified atom stereocenters. The Bertz CT molecular complexity index is 471. The summed E-state index contributed by atoms with van der Waals surface area (Å²) in [6.45, 7) is 3.01. The highest BCUT2D eigenvalue weighted by molar-refractivity contribution is 5.29. The number of hydrogen-bond acceptors (Lipinski definition) is 5. The van der Waals surface area contributed by atoms with Gasteiger partial charge in [-0.1, -0.05) is 6.92 Å². The number of ether oxygens (including phenoxy) is 1. The van der Waals surface area contributed by atoms with Crippen LogP contribution in [0.15, 0.2) is 24.8 Å². The van der Waals surface area contributed by atoms with Crippen molar-refractivity contribution in [3.05, 3.63) is 36.2 Å². The Morgan fingerprint density at radius 1 is 1.44 bits per heavy atom. The predicted molar refractivity (Wildman–Crippen MR) is 67.3 cm³/mol. The van der Waals surface area contributed by atoms with E-state index in [1.54, 1.807) is 19.5 Å². The van der Waals surface area contributed by atoms with Gasteiger partial charge in [0.05, 0.1) is 19.3 Å². The van der Waals surface area contributed by atoms with Crippen molar-refractivity contribution in [2.75, 3.05) is 13.7 Å². The fraction of sp³-hybridized carbons (Fsp3) is 0.417. The summed E-state index contributed by atoms with van der Waals surface area (Å²) in [5.74, 6) is 1.51. The van der Waals surface area contributed by atoms with Gasteiger partial charge in [-0.2, -0.15) is 5.10 Å². The van der Waals surface area contributed by atoms with Crippen LogP contribution < -0.4 is 10.1 Å². The number of nitrogens with one attached hydrogen (secondary N) is 2. The Labute approximate surface area is 106 Å². The van der Waals surface area contributed by atoms with Crippen molar-refractivity contribution in [2.24, 2.45) is 0 Å². The third kappa shape index (κ3) is 2.84. The van der Waals surface area contributed by atoms with Gasteiger partial charge in [0.2, 0.25) is 0 Å². The summed E-state index contributed by atoms with van der Waals surface area (Å²) in [4.78, 5) is 8.37. The molecule has 0 saturated heterocycles. The minimum Gasteiger partial charge on any atom is -0.495 e. The summed E-state index contributed by atoms with van der Waals surface area (Å²) >= 11 is 0. The maximum atomic E-state index is 5.19. The second-order valence-electron chi connectivity index (χ2n) is 3.92. The monoisotopic (exact) mass is 247 g/mol. The number of aromatic nitrogens is 4. The zero-order valence-electron chi connectivity index (χ0n) is 10.6. The van der Waals surface area contributed by atoms with Gasteiger partial charge in [-0.15, -0.1) is 0 Å². The third-order valence-electron chi connectivity index (χ3n) is 2.61. The maximum Gasteiger partial charge on any atom is 0.146 e. The predicted octanol–water partition coefficient (Wildman–Crippen LogP) is 1.30. The average Bonchev–Trinajstić information content (AvgIpc) is 2.93. The molecule has 1 atom stereocenters. The van der Waals surface area contributed by atoms with Gasteiger partial charge in [-0.05, 0) is 24.6 Å². The molecule has 96 valence electrons. The number of hydrogen-bond donors (Lipinski definition) is 2. The number of pyridine rings is 1. The Balaban J connectivity index is 2.27. The minimum atomic E-state index is -0.0463. The molecule has 0 aliphatic heterocycles. The van der Waals surface area contributed by atoms with Crippen LogP contribution in [0.3, 0.4) is 0 Å². The van der Waals surface area contributed by atoms with Gasteiger partial charge in [-0.25, -0.2) is 4.98 Å². The van der Waals surface area contributed by atoms with Gasteiger partial charge in [0.1, 0.15) is 17.9 Å². The van der Waals surface area contributed by atoms with E-state index in [2.05, 4.69) is 32.4 Å². The Kier molecular flexibility index (Phi) is 4.25. The number of methoxy groups -OCH3 is 1. The first-order valence-electron chi connectivity index (χ1n) is 5.92. The highest BCUT2D eigenvalue weighted by Crippen LogP contribution is 2.21. The fourth-order valence-electron chi connectivity index (χ4n) is 1.72. The van der Waals surface area contributed by atoms with Crippen LogP contribution in [-0.4, -0.2) is 33.8 Å². The molecule has 6 nitrogen and oxygen atoms in total. The van der Waals surface area contributed by atoms with Gasteiger partial charge in [-0.3, -0.25) is 10.1 Å². The summed E-state index contributed by atoms with van der Waals surface area (Å²) in [7, 11) is 1.63. The average molecular weight is 247 g/mol. The molecule has 2 aromatic rings. The molecule has 0 fully saturated rings. The zero-order chi connectivity index (χ0) is 12.8. The number of aromatic amines is 1. The molecule has 0 bridgehead atoms. The van der Waals surface area contributed by atoms with E-state index >= 15 is 0 Å². The Morgan fingerprint density at radius 3 is 3.00 bits per heavy atom. The molecule has 6 heteroatoms. The molecule has 0 spiro atoms. The van der Waals surface area contributed by atoms with Gasteiger partial charge in [0, 0.05) is 6.20 Å². The van der Waals surface area contributed by atoms with Crippen LogP contribution in [-0.2, 0) is 0 Å². The molecule has 0 aromatic carbocycles. The van der Waals surface area contributed by atoms with E-state index in [1.807, 2.05) is 6.07 Å². The largest absolute Gasteiger partial charge is 0.495 e. The third-order valence-corrected chi connectivity index (χ3v) is 2.61. The topological polar surface area (TPSA) is 75.7 Å². The van der Waals surface area contributed by atoms with E-state index in [9.17, 15) is 0 Å². The fourth-order valence-corrected chi connectivity index (χ4v) is 1.72. The molecule has 0 amide bonds. The summed E-state index contributed by atoms with van der Waals surface area (Å²) in [6, 6.07) is 1.90. The normalized spacial score (nSPS) is 12.3. The number of rotatable bonds is 6. The summed E-state index contributed by atoms with van der Waals surface area (Å²) in [5, 5.41) is 10.2. The van der Waals surface area contributed by atoms with Gasteiger partial charge >= 0.3 is 0 Å². The molecule has 0 aliphatic rings. The van der Waals surface area contributed by atoms with Gasteiger partial charge in [0.15, 0.2) is 0 Å². The molecule has 2 rings (SSSR count). The minimum absolute atomic E-state index is 0.0463. The lowest BCUT2D eigenvalue weighted by Gasteiger charge is -2.16. The smallest absolute Gasteiger partial charge is 0.146 e. The van der Waals surface area contributed by atoms with Crippen LogP contribution in [0.2, 0.25) is 0 Å². The molecular formula is C12H17N5O. The summed E-state index contributed by atoms with van der Waals surface area (Å²) in [6.07, 6.45) is 6.03. The van der Waals surface area contributed by atoms with Crippen LogP contribution in [0.1, 0.15) is 30.8 Å². The Morgan fingerprint density at radius 2 is 2.33 bits per heavy atom. The van der Waals surface area contributed by atoms with E-state index in [-0.39, 0.29) is 6.04 Å². The molecule has 0 saturated carbocycles. The SMILES string of the molecule is CCCNC(c1cncc(OC)c1)c1ncn[nH]1. The second kappa shape index (κ2) is 6.11. The van der Waals surface area contributed by atoms with Crippen LogP contribution in [0, 0.1) is 0 Å². The molecule has 0 radical (unpaired) electrons. The van der Waals surface area contributed by atoms with Crippen LogP contribution in [0.25, 0.3) is 0 Å². The van der Waals surface area contributed by atoms with Crippen LogP contribution >= 0.6 is 0 Å². The highest BCUT2D eigenvalue weighted by atomic mass is 16.5. The molecule has 18 heavy (non-hydrogen) atoms. The van der Waals surface area contributed by atoms with E-state index in [0.717, 1.165) is 30.1 Å². The van der Waals surface area contributed by atoms with Crippen molar-refractivity contribution >= 4 is 0 Å². The van der Waals surface area contributed by atoms with E-state index in [0.29, 0.717) is 0 Å². The van der Waals surface area contributed by atoms with Crippen molar-refractivity contribution in [3.63, 3.8) is 0 Å². The molecule has 2 aromatic heterocycles. The van der Waals surface area contributed by atoms with Crippen molar-refractivity contribution in [2.45, 2.75) is 19.4 Å². The summed E-state index contributed by atoms with van der Waals surface area (Å²) in [5.41, 5.74) is 1.000. The van der Waals surface area contributed by atoms with Crippen molar-refractivity contribution in [1.29, 1.82) is 0 Å². The van der Waals surface area contributed by atoms with Crippen LogP contribution in [0.5, 0.6) is 5.75 Å². The second-order valence-corrected chi connectivity index (χ2v) is 3.92. The van der Waals surface area contributed by atoms with E-state index in [4.69, 9.17) is 4.74 Å².